The number of fused-ring (bicyclic) bond motifs is 1. The lowest BCUT2D eigenvalue weighted by Crippen LogP contribution is -2.46. The van der Waals surface area contributed by atoms with Crippen molar-refractivity contribution < 1.29 is 14.2 Å². The first kappa shape index (κ1) is 15.4. The Bertz CT molecular complexity index is 465. The van der Waals surface area contributed by atoms with E-state index in [-0.39, 0.29) is 6.10 Å². The van der Waals surface area contributed by atoms with Crippen LogP contribution in [0.2, 0.25) is 0 Å². The molecule has 116 valence electrons. The molecule has 1 aromatic rings. The lowest BCUT2D eigenvalue weighted by Gasteiger charge is -2.27. The predicted octanol–water partition coefficient (Wildman–Crippen LogP) is 1.03. The lowest BCUT2D eigenvalue weighted by atomic mass is 10.2. The fourth-order valence-electron chi connectivity index (χ4n) is 1.98. The zero-order chi connectivity index (χ0) is 14.9. The van der Waals surface area contributed by atoms with Crippen LogP contribution in [0.15, 0.2) is 29.3 Å². The largest absolute Gasteiger partial charge is 0.486 e. The van der Waals surface area contributed by atoms with Crippen molar-refractivity contribution in [3.05, 3.63) is 24.3 Å². The van der Waals surface area contributed by atoms with Crippen molar-refractivity contribution in [2.75, 3.05) is 40.0 Å². The molecule has 0 radical (unpaired) electrons. The summed E-state index contributed by atoms with van der Waals surface area (Å²) >= 11 is 0. The molecule has 1 aliphatic heterocycles. The van der Waals surface area contributed by atoms with Crippen molar-refractivity contribution in [1.29, 1.82) is 0 Å². The highest BCUT2D eigenvalue weighted by atomic mass is 16.6. The average Bonchev–Trinajstić information content (AvgIpc) is 2.54. The molecule has 0 amide bonds. The van der Waals surface area contributed by atoms with Gasteiger partial charge in [0.15, 0.2) is 17.5 Å². The van der Waals surface area contributed by atoms with E-state index in [9.17, 15) is 0 Å². The van der Waals surface area contributed by atoms with Crippen LogP contribution in [0.4, 0.5) is 0 Å². The highest BCUT2D eigenvalue weighted by molar-refractivity contribution is 5.79. The van der Waals surface area contributed by atoms with Gasteiger partial charge in [-0.3, -0.25) is 4.99 Å². The van der Waals surface area contributed by atoms with Crippen LogP contribution in [0.3, 0.4) is 0 Å². The molecule has 1 unspecified atom stereocenters. The Morgan fingerprint density at radius 3 is 2.90 bits per heavy atom. The molecule has 0 bridgehead atoms. The van der Waals surface area contributed by atoms with Gasteiger partial charge in [0.25, 0.3) is 0 Å². The van der Waals surface area contributed by atoms with E-state index in [1.165, 1.54) is 0 Å². The maximum atomic E-state index is 5.87. The van der Waals surface area contributed by atoms with E-state index in [0.717, 1.165) is 30.6 Å². The van der Waals surface area contributed by atoms with Crippen molar-refractivity contribution in [3.63, 3.8) is 0 Å². The molecular formula is C15H23N3O3. The van der Waals surface area contributed by atoms with Gasteiger partial charge in [0, 0.05) is 20.2 Å². The quantitative estimate of drug-likeness (QED) is 0.466. The minimum atomic E-state index is -0.0367. The molecule has 21 heavy (non-hydrogen) atoms. The van der Waals surface area contributed by atoms with E-state index in [2.05, 4.69) is 15.6 Å². The van der Waals surface area contributed by atoms with Gasteiger partial charge in [-0.25, -0.2) is 0 Å². The Labute approximate surface area is 125 Å². The zero-order valence-corrected chi connectivity index (χ0v) is 12.6. The number of rotatable bonds is 6. The summed E-state index contributed by atoms with van der Waals surface area (Å²) in [5.41, 5.74) is 0. The van der Waals surface area contributed by atoms with Crippen LogP contribution in [0.25, 0.3) is 0 Å². The second-order valence-electron chi connectivity index (χ2n) is 4.57. The van der Waals surface area contributed by atoms with Crippen molar-refractivity contribution in [1.82, 2.24) is 10.6 Å². The molecule has 2 rings (SSSR count). The van der Waals surface area contributed by atoms with Crippen LogP contribution in [-0.4, -0.2) is 52.0 Å². The van der Waals surface area contributed by atoms with Crippen LogP contribution < -0.4 is 20.1 Å². The topological polar surface area (TPSA) is 64.1 Å². The predicted molar refractivity (Wildman–Crippen MR) is 82.2 cm³/mol. The number of nitrogens with zero attached hydrogens (tertiary/aromatic N) is 1. The number of hydrogen-bond acceptors (Lipinski definition) is 4. The molecule has 0 aliphatic carbocycles. The van der Waals surface area contributed by atoms with E-state index in [0.29, 0.717) is 19.8 Å². The smallest absolute Gasteiger partial charge is 0.191 e. The van der Waals surface area contributed by atoms with Crippen LogP contribution in [0.1, 0.15) is 6.92 Å². The summed E-state index contributed by atoms with van der Waals surface area (Å²) in [6, 6.07) is 7.70. The number of aliphatic imine (C=N–C) groups is 1. The van der Waals surface area contributed by atoms with Crippen LogP contribution in [0.5, 0.6) is 11.5 Å². The molecule has 1 aliphatic rings. The fraction of sp³-hybridized carbons (Fsp3) is 0.533. The molecule has 6 nitrogen and oxygen atoms in total. The van der Waals surface area contributed by atoms with Crippen LogP contribution in [-0.2, 0) is 4.74 Å². The van der Waals surface area contributed by atoms with Gasteiger partial charge in [-0.15, -0.1) is 0 Å². The molecule has 0 spiro atoms. The average molecular weight is 293 g/mol. The molecule has 1 atom stereocenters. The third kappa shape index (κ3) is 4.82. The highest BCUT2D eigenvalue weighted by Gasteiger charge is 2.20. The summed E-state index contributed by atoms with van der Waals surface area (Å²) in [5, 5.41) is 6.41. The summed E-state index contributed by atoms with van der Waals surface area (Å²) in [6.07, 6.45) is -0.0367. The molecule has 6 heteroatoms. The number of hydrogen-bond donors (Lipinski definition) is 2. The Hall–Kier alpha value is -1.95. The van der Waals surface area contributed by atoms with Crippen molar-refractivity contribution in [3.8, 4) is 11.5 Å². The van der Waals surface area contributed by atoms with Gasteiger partial charge >= 0.3 is 0 Å². The van der Waals surface area contributed by atoms with Gasteiger partial charge in [0.1, 0.15) is 12.7 Å². The fourth-order valence-corrected chi connectivity index (χ4v) is 1.98. The first-order valence-electron chi connectivity index (χ1n) is 7.24. The van der Waals surface area contributed by atoms with Crippen molar-refractivity contribution >= 4 is 5.96 Å². The normalized spacial score (nSPS) is 17.4. The lowest BCUT2D eigenvalue weighted by molar-refractivity contribution is 0.0935. The number of para-hydroxylation sites is 2. The van der Waals surface area contributed by atoms with E-state index in [4.69, 9.17) is 14.2 Å². The minimum absolute atomic E-state index is 0.0367. The van der Waals surface area contributed by atoms with Gasteiger partial charge in [-0.05, 0) is 19.1 Å². The molecule has 1 heterocycles. The number of guanidine groups is 1. The van der Waals surface area contributed by atoms with Crippen LogP contribution in [0, 0.1) is 0 Å². The van der Waals surface area contributed by atoms with Gasteiger partial charge < -0.3 is 24.8 Å². The number of ether oxygens (including phenoxy) is 3. The maximum Gasteiger partial charge on any atom is 0.191 e. The molecule has 0 saturated carbocycles. The minimum Gasteiger partial charge on any atom is -0.486 e. The van der Waals surface area contributed by atoms with Gasteiger partial charge in [-0.1, -0.05) is 12.1 Å². The molecule has 0 aromatic heterocycles. The van der Waals surface area contributed by atoms with Gasteiger partial charge in [0.2, 0.25) is 0 Å². The van der Waals surface area contributed by atoms with Gasteiger partial charge in [0.05, 0.1) is 13.2 Å². The summed E-state index contributed by atoms with van der Waals surface area (Å²) < 4.78 is 16.8. The maximum absolute atomic E-state index is 5.87. The Morgan fingerprint density at radius 1 is 1.33 bits per heavy atom. The first-order chi connectivity index (χ1) is 10.3. The first-order valence-corrected chi connectivity index (χ1v) is 7.24. The highest BCUT2D eigenvalue weighted by Crippen LogP contribution is 2.30. The third-order valence-corrected chi connectivity index (χ3v) is 3.03. The number of nitrogens with one attached hydrogen (secondary N) is 2. The summed E-state index contributed by atoms with van der Waals surface area (Å²) in [4.78, 5) is 4.16. The second-order valence-corrected chi connectivity index (χ2v) is 4.57. The third-order valence-electron chi connectivity index (χ3n) is 3.03. The monoisotopic (exact) mass is 293 g/mol. The van der Waals surface area contributed by atoms with Crippen molar-refractivity contribution in [2.24, 2.45) is 4.99 Å². The molecule has 0 saturated heterocycles. The molecule has 1 aromatic carbocycles. The Kier molecular flexibility index (Phi) is 6.15. The Morgan fingerprint density at radius 2 is 2.14 bits per heavy atom. The molecular weight excluding hydrogens is 270 g/mol. The van der Waals surface area contributed by atoms with E-state index >= 15 is 0 Å². The second kappa shape index (κ2) is 8.36. The van der Waals surface area contributed by atoms with E-state index in [1.807, 2.05) is 31.2 Å². The van der Waals surface area contributed by atoms with Gasteiger partial charge in [-0.2, -0.15) is 0 Å². The van der Waals surface area contributed by atoms with Crippen LogP contribution >= 0.6 is 0 Å². The molecule has 2 N–H and O–H groups in total. The van der Waals surface area contributed by atoms with E-state index in [1.54, 1.807) is 7.05 Å². The summed E-state index contributed by atoms with van der Waals surface area (Å²) in [6.45, 7) is 5.24. The molecule has 0 fully saturated rings. The standard InChI is InChI=1S/C15H23N3O3/c1-3-19-9-8-17-15(16-2)18-10-12-11-20-13-6-4-5-7-14(13)21-12/h4-7,12H,3,8-11H2,1-2H3,(H2,16,17,18). The van der Waals surface area contributed by atoms with Crippen molar-refractivity contribution in [2.45, 2.75) is 13.0 Å². The zero-order valence-electron chi connectivity index (χ0n) is 12.6. The number of benzene rings is 1. The van der Waals surface area contributed by atoms with E-state index < -0.39 is 0 Å². The summed E-state index contributed by atoms with van der Waals surface area (Å²) in [7, 11) is 1.74. The SMILES string of the molecule is CCOCCNC(=NC)NCC1COc2ccccc2O1. The summed E-state index contributed by atoms with van der Waals surface area (Å²) in [5.74, 6) is 2.32. The Balaban J connectivity index is 1.73.